The van der Waals surface area contributed by atoms with Gasteiger partial charge in [-0.25, -0.2) is 0 Å². The highest BCUT2D eigenvalue weighted by Crippen LogP contribution is 2.26. The van der Waals surface area contributed by atoms with Gasteiger partial charge in [0.1, 0.15) is 6.07 Å². The van der Waals surface area contributed by atoms with Gasteiger partial charge in [0.25, 0.3) is 0 Å². The smallest absolute Gasteiger partial charge is 0.102 e. The predicted octanol–water partition coefficient (Wildman–Crippen LogP) is 3.06. The van der Waals surface area contributed by atoms with Crippen molar-refractivity contribution in [2.45, 2.75) is 4.90 Å². The summed E-state index contributed by atoms with van der Waals surface area (Å²) in [6, 6.07) is 8.16. The first-order chi connectivity index (χ1) is 7.33. The summed E-state index contributed by atoms with van der Waals surface area (Å²) >= 11 is 3.40. The van der Waals surface area contributed by atoms with Gasteiger partial charge in [-0.3, -0.25) is 0 Å². The molecule has 2 nitrogen and oxygen atoms in total. The van der Waals surface area contributed by atoms with E-state index in [9.17, 15) is 0 Å². The molecule has 0 aromatic heterocycles. The lowest BCUT2D eigenvalue weighted by Crippen LogP contribution is -2.05. The number of benzene rings is 1. The number of anilines is 1. The fraction of sp³-hybridized carbons (Fsp3) is 0.364. The first-order valence-corrected chi connectivity index (χ1v) is 7.25. The van der Waals surface area contributed by atoms with Crippen molar-refractivity contribution in [2.75, 3.05) is 30.1 Å². The monoisotopic (exact) mass is 238 g/mol. The van der Waals surface area contributed by atoms with Crippen LogP contribution >= 0.6 is 23.5 Å². The molecule has 0 atom stereocenters. The van der Waals surface area contributed by atoms with E-state index >= 15 is 0 Å². The van der Waals surface area contributed by atoms with Gasteiger partial charge >= 0.3 is 0 Å². The summed E-state index contributed by atoms with van der Waals surface area (Å²) in [4.78, 5) is 1.03. The summed E-state index contributed by atoms with van der Waals surface area (Å²) in [7, 11) is 0. The summed E-state index contributed by atoms with van der Waals surface area (Å²) in [5.41, 5.74) is 1.70. The second-order valence-corrected chi connectivity index (χ2v) is 4.75. The molecule has 0 saturated carbocycles. The Morgan fingerprint density at radius 3 is 2.80 bits per heavy atom. The van der Waals surface area contributed by atoms with Crippen LogP contribution in [0.25, 0.3) is 0 Å². The average Bonchev–Trinajstić information content (AvgIpc) is 2.29. The number of nitrogens with zero attached hydrogens (tertiary/aromatic N) is 1. The van der Waals surface area contributed by atoms with Gasteiger partial charge in [-0.05, 0) is 24.6 Å². The molecule has 0 unspecified atom stereocenters. The van der Waals surface area contributed by atoms with Crippen LogP contribution in [0.5, 0.6) is 0 Å². The van der Waals surface area contributed by atoms with E-state index in [0.29, 0.717) is 0 Å². The second-order valence-electron chi connectivity index (χ2n) is 2.91. The highest BCUT2D eigenvalue weighted by atomic mass is 32.2. The van der Waals surface area contributed by atoms with Gasteiger partial charge in [0, 0.05) is 17.2 Å². The van der Waals surface area contributed by atoms with E-state index in [2.05, 4.69) is 17.6 Å². The van der Waals surface area contributed by atoms with Crippen LogP contribution in [0.15, 0.2) is 23.1 Å². The standard InChI is InChI=1S/C11H14N2S2/c1-14-7-6-13-10-4-3-5-11(15-2)9(10)8-12/h3-5,13H,6-7H2,1-2H3. The van der Waals surface area contributed by atoms with Crippen LogP contribution in [-0.4, -0.2) is 24.8 Å². The lowest BCUT2D eigenvalue weighted by molar-refractivity contribution is 1.21. The first-order valence-electron chi connectivity index (χ1n) is 4.63. The van der Waals surface area contributed by atoms with Crippen molar-refractivity contribution in [3.8, 4) is 6.07 Å². The zero-order chi connectivity index (χ0) is 11.1. The normalized spacial score (nSPS) is 9.67. The Morgan fingerprint density at radius 2 is 2.20 bits per heavy atom. The Morgan fingerprint density at radius 1 is 1.40 bits per heavy atom. The van der Waals surface area contributed by atoms with E-state index in [1.807, 2.05) is 24.5 Å². The van der Waals surface area contributed by atoms with Crippen molar-refractivity contribution in [2.24, 2.45) is 0 Å². The van der Waals surface area contributed by atoms with Crippen LogP contribution in [0, 0.1) is 11.3 Å². The molecule has 15 heavy (non-hydrogen) atoms. The quantitative estimate of drug-likeness (QED) is 0.632. The molecule has 0 fully saturated rings. The molecule has 0 amide bonds. The van der Waals surface area contributed by atoms with Crippen LogP contribution in [0.4, 0.5) is 5.69 Å². The highest BCUT2D eigenvalue weighted by molar-refractivity contribution is 7.98. The third-order valence-electron chi connectivity index (χ3n) is 1.98. The third-order valence-corrected chi connectivity index (χ3v) is 3.37. The summed E-state index contributed by atoms with van der Waals surface area (Å²) in [5.74, 6) is 1.05. The van der Waals surface area contributed by atoms with Gasteiger partial charge in [0.15, 0.2) is 0 Å². The minimum Gasteiger partial charge on any atom is -0.383 e. The van der Waals surface area contributed by atoms with Crippen molar-refractivity contribution in [1.82, 2.24) is 0 Å². The number of hydrogen-bond acceptors (Lipinski definition) is 4. The molecular formula is C11H14N2S2. The minimum atomic E-state index is 0.756. The maximum Gasteiger partial charge on any atom is 0.102 e. The topological polar surface area (TPSA) is 35.8 Å². The Kier molecular flexibility index (Phi) is 5.44. The fourth-order valence-corrected chi connectivity index (χ4v) is 2.13. The summed E-state index contributed by atoms with van der Waals surface area (Å²) in [5, 5.41) is 12.4. The molecule has 0 radical (unpaired) electrons. The van der Waals surface area contributed by atoms with Crippen molar-refractivity contribution >= 4 is 29.2 Å². The van der Waals surface area contributed by atoms with Gasteiger partial charge in [-0.2, -0.15) is 17.0 Å². The van der Waals surface area contributed by atoms with Crippen molar-refractivity contribution in [3.63, 3.8) is 0 Å². The van der Waals surface area contributed by atoms with Gasteiger partial charge in [-0.15, -0.1) is 11.8 Å². The maximum atomic E-state index is 9.08. The SMILES string of the molecule is CSCCNc1cccc(SC)c1C#N. The number of thioether (sulfide) groups is 2. The number of nitriles is 1. The number of hydrogen-bond donors (Lipinski definition) is 1. The number of nitrogens with one attached hydrogen (secondary N) is 1. The molecule has 80 valence electrons. The van der Waals surface area contributed by atoms with Crippen molar-refractivity contribution < 1.29 is 0 Å². The number of rotatable bonds is 5. The van der Waals surface area contributed by atoms with E-state index in [0.717, 1.165) is 28.4 Å². The second kappa shape index (κ2) is 6.65. The Labute approximate surface area is 99.4 Å². The molecule has 0 saturated heterocycles. The summed E-state index contributed by atoms with van der Waals surface area (Å²) in [6.45, 7) is 0.897. The lowest BCUT2D eigenvalue weighted by atomic mass is 10.2. The molecule has 0 aliphatic carbocycles. The Balaban J connectivity index is 2.83. The van der Waals surface area contributed by atoms with E-state index < -0.39 is 0 Å². The molecule has 0 bridgehead atoms. The van der Waals surface area contributed by atoms with Gasteiger partial charge < -0.3 is 5.32 Å². The largest absolute Gasteiger partial charge is 0.383 e. The minimum absolute atomic E-state index is 0.756. The molecule has 0 heterocycles. The molecule has 0 aliphatic heterocycles. The summed E-state index contributed by atoms with van der Waals surface area (Å²) < 4.78 is 0. The van der Waals surface area contributed by atoms with Crippen molar-refractivity contribution in [1.29, 1.82) is 5.26 Å². The molecule has 0 spiro atoms. The first kappa shape index (κ1) is 12.3. The zero-order valence-corrected chi connectivity index (χ0v) is 10.5. The van der Waals surface area contributed by atoms with Crippen LogP contribution in [-0.2, 0) is 0 Å². The van der Waals surface area contributed by atoms with Gasteiger partial charge in [0.2, 0.25) is 0 Å². The Hall–Kier alpha value is -0.790. The van der Waals surface area contributed by atoms with E-state index in [-0.39, 0.29) is 0 Å². The zero-order valence-electron chi connectivity index (χ0n) is 8.91. The molecule has 0 aliphatic rings. The fourth-order valence-electron chi connectivity index (χ4n) is 1.25. The molecule has 1 aromatic rings. The highest BCUT2D eigenvalue weighted by Gasteiger charge is 2.05. The third kappa shape index (κ3) is 3.37. The maximum absolute atomic E-state index is 9.08. The lowest BCUT2D eigenvalue weighted by Gasteiger charge is -2.09. The van der Waals surface area contributed by atoms with E-state index in [4.69, 9.17) is 5.26 Å². The molecule has 1 N–H and O–H groups in total. The van der Waals surface area contributed by atoms with Crippen LogP contribution in [0.1, 0.15) is 5.56 Å². The van der Waals surface area contributed by atoms with Gasteiger partial charge in [0.05, 0.1) is 11.3 Å². The average molecular weight is 238 g/mol. The van der Waals surface area contributed by atoms with E-state index in [1.54, 1.807) is 23.5 Å². The van der Waals surface area contributed by atoms with Crippen LogP contribution < -0.4 is 5.32 Å². The molecular weight excluding hydrogens is 224 g/mol. The molecule has 1 rings (SSSR count). The Bertz CT molecular complexity index is 358. The molecule has 1 aromatic carbocycles. The van der Waals surface area contributed by atoms with E-state index in [1.165, 1.54) is 0 Å². The molecule has 4 heteroatoms. The van der Waals surface area contributed by atoms with Crippen LogP contribution in [0.3, 0.4) is 0 Å². The predicted molar refractivity (Wildman–Crippen MR) is 69.8 cm³/mol. The van der Waals surface area contributed by atoms with Gasteiger partial charge in [-0.1, -0.05) is 6.07 Å². The van der Waals surface area contributed by atoms with Crippen LogP contribution in [0.2, 0.25) is 0 Å². The summed E-state index contributed by atoms with van der Waals surface area (Å²) in [6.07, 6.45) is 4.06. The van der Waals surface area contributed by atoms with Crippen molar-refractivity contribution in [3.05, 3.63) is 23.8 Å².